The number of aliphatic hydroxyl groups excluding tert-OH is 1. The number of aliphatic imine (C=N–C) groups is 1. The number of nitrogens with one attached hydrogen (secondary N) is 3. The maximum absolute atomic E-state index is 13.3. The topological polar surface area (TPSA) is 286 Å². The molecule has 15 nitrogen and oxygen atoms in total. The van der Waals surface area contributed by atoms with Crippen LogP contribution in [-0.2, 0) is 25.6 Å². The molecular weight excluding hydrogens is 591 g/mol. The Hall–Kier alpha value is -5.26. The highest BCUT2D eigenvalue weighted by molar-refractivity contribution is 5.95. The number of carbonyl (C=O) groups is 4. The lowest BCUT2D eigenvalue weighted by Crippen LogP contribution is -2.55. The van der Waals surface area contributed by atoms with Crippen LogP contribution in [0.4, 0.5) is 13.2 Å². The predicted molar refractivity (Wildman–Crippen MR) is 152 cm³/mol. The molecule has 13 N–H and O–H groups in total. The summed E-state index contributed by atoms with van der Waals surface area (Å²) in [7, 11) is 0. The lowest BCUT2D eigenvalue weighted by molar-refractivity contribution is -0.192. The summed E-state index contributed by atoms with van der Waals surface area (Å²) in [6.07, 6.45) is -1.18. The van der Waals surface area contributed by atoms with Crippen molar-refractivity contribution in [1.82, 2.24) is 15.6 Å². The molecule has 1 aromatic heterocycles. The zero-order chi connectivity index (χ0) is 33.4. The van der Waals surface area contributed by atoms with Crippen LogP contribution in [-0.4, -0.2) is 82.1 Å². The van der Waals surface area contributed by atoms with Crippen LogP contribution in [0.25, 0.3) is 0 Å². The van der Waals surface area contributed by atoms with E-state index < -0.39 is 54.5 Å². The molecule has 0 fully saturated rings. The van der Waals surface area contributed by atoms with Crippen molar-refractivity contribution in [2.24, 2.45) is 27.9 Å². The Balaban J connectivity index is 0.00000123. The van der Waals surface area contributed by atoms with Crippen LogP contribution in [0.3, 0.4) is 0 Å². The standard InChI is InChI=1S/C24H33N9O4.C2HF3O2/c25-20(26)15-7-5-14(6-8-15)11-17(16-3-1-9-30-12-16)22(36)33-19(13-34)23(37)32-18(21(27)35)4-2-10-31-24(28)29;3-2(4,5)1(6)7/h1,3,5-9,12,17-19,34H,2,4,10-11,13H2,(H3,25,26)(H2,27,35)(H,32,37)(H,33,36)(H4,28,29,31);(H,6,7)/t17?,18-,19-;/m0./s1. The number of nitrogens with zero attached hydrogens (tertiary/aromatic N) is 2. The second kappa shape index (κ2) is 17.6. The number of amidine groups is 1. The van der Waals surface area contributed by atoms with Gasteiger partial charge in [0.15, 0.2) is 5.96 Å². The number of rotatable bonds is 14. The minimum absolute atomic E-state index is 0.0737. The molecule has 2 rings (SSSR count). The number of carboxylic acid groups (broad SMARTS) is 1. The average Bonchev–Trinajstić information content (AvgIpc) is 2.96. The summed E-state index contributed by atoms with van der Waals surface area (Å²) < 4.78 is 31.7. The zero-order valence-corrected chi connectivity index (χ0v) is 23.3. The van der Waals surface area contributed by atoms with Crippen molar-refractivity contribution < 1.29 is 42.6 Å². The van der Waals surface area contributed by atoms with Gasteiger partial charge in [-0.1, -0.05) is 30.3 Å². The number of carboxylic acids is 1. The van der Waals surface area contributed by atoms with Crippen LogP contribution in [0, 0.1) is 5.41 Å². The van der Waals surface area contributed by atoms with E-state index in [9.17, 15) is 32.7 Å². The number of hydrogen-bond acceptors (Lipinski definition) is 8. The third-order valence-corrected chi connectivity index (χ3v) is 5.77. The Bertz CT molecular complexity index is 1300. The molecule has 44 heavy (non-hydrogen) atoms. The lowest BCUT2D eigenvalue weighted by atomic mass is 9.91. The molecule has 18 heteroatoms. The first-order chi connectivity index (χ1) is 20.6. The number of nitrogen functional groups attached to an aromatic ring is 1. The second-order valence-corrected chi connectivity index (χ2v) is 9.11. The lowest BCUT2D eigenvalue weighted by Gasteiger charge is -2.23. The molecular formula is C26H34F3N9O6. The Labute approximate surface area is 249 Å². The molecule has 1 unspecified atom stereocenters. The number of aliphatic carboxylic acids is 1. The summed E-state index contributed by atoms with van der Waals surface area (Å²) in [6, 6.07) is 7.91. The summed E-state index contributed by atoms with van der Waals surface area (Å²) in [5.74, 6) is -5.74. The number of aromatic nitrogens is 1. The van der Waals surface area contributed by atoms with Gasteiger partial charge in [-0.25, -0.2) is 4.79 Å². The highest BCUT2D eigenvalue weighted by atomic mass is 19.4. The first kappa shape index (κ1) is 36.8. The number of alkyl halides is 3. The van der Waals surface area contributed by atoms with Gasteiger partial charge in [-0.3, -0.25) is 29.8 Å². The van der Waals surface area contributed by atoms with E-state index >= 15 is 0 Å². The predicted octanol–water partition coefficient (Wildman–Crippen LogP) is -1.17. The number of amides is 3. The average molecular weight is 626 g/mol. The molecule has 0 bridgehead atoms. The number of nitrogens with two attached hydrogens (primary N) is 4. The van der Waals surface area contributed by atoms with Crippen molar-refractivity contribution in [3.05, 3.63) is 65.5 Å². The highest BCUT2D eigenvalue weighted by Gasteiger charge is 2.38. The number of aliphatic hydroxyl groups is 1. The Morgan fingerprint density at radius 2 is 1.57 bits per heavy atom. The summed E-state index contributed by atoms with van der Waals surface area (Å²) in [5.41, 5.74) is 23.4. The van der Waals surface area contributed by atoms with Crippen molar-refractivity contribution in [2.75, 3.05) is 13.2 Å². The van der Waals surface area contributed by atoms with Gasteiger partial charge in [0.1, 0.15) is 17.9 Å². The third-order valence-electron chi connectivity index (χ3n) is 5.77. The number of guanidine groups is 1. The highest BCUT2D eigenvalue weighted by Crippen LogP contribution is 2.21. The molecule has 1 heterocycles. The molecule has 3 atom stereocenters. The van der Waals surface area contributed by atoms with Crippen molar-refractivity contribution in [1.29, 1.82) is 5.41 Å². The smallest absolute Gasteiger partial charge is 0.475 e. The van der Waals surface area contributed by atoms with Crippen LogP contribution in [0.15, 0.2) is 53.8 Å². The largest absolute Gasteiger partial charge is 0.490 e. The van der Waals surface area contributed by atoms with Gasteiger partial charge < -0.3 is 43.8 Å². The van der Waals surface area contributed by atoms with E-state index in [1.54, 1.807) is 48.8 Å². The number of halogens is 3. The van der Waals surface area contributed by atoms with Crippen LogP contribution in [0.1, 0.15) is 35.4 Å². The van der Waals surface area contributed by atoms with E-state index in [-0.39, 0.29) is 31.2 Å². The molecule has 2 aromatic rings. The maximum Gasteiger partial charge on any atom is 0.490 e. The van der Waals surface area contributed by atoms with E-state index in [2.05, 4.69) is 20.6 Å². The molecule has 0 saturated carbocycles. The molecule has 0 saturated heterocycles. The van der Waals surface area contributed by atoms with Crippen molar-refractivity contribution >= 4 is 35.5 Å². The zero-order valence-electron chi connectivity index (χ0n) is 23.3. The molecule has 1 aromatic carbocycles. The molecule has 0 spiro atoms. The van der Waals surface area contributed by atoms with Gasteiger partial charge in [0.2, 0.25) is 17.7 Å². The van der Waals surface area contributed by atoms with Gasteiger partial charge in [0, 0.05) is 24.5 Å². The normalized spacial score (nSPS) is 12.7. The van der Waals surface area contributed by atoms with E-state index in [4.69, 9.17) is 38.2 Å². The Morgan fingerprint density at radius 3 is 2.02 bits per heavy atom. The molecule has 0 aliphatic rings. The van der Waals surface area contributed by atoms with Crippen LogP contribution in [0.2, 0.25) is 0 Å². The number of hydrogen-bond donors (Lipinski definition) is 9. The fraction of sp³-hybridized carbons (Fsp3) is 0.346. The van der Waals surface area contributed by atoms with Crippen molar-refractivity contribution in [2.45, 2.75) is 43.4 Å². The van der Waals surface area contributed by atoms with Crippen molar-refractivity contribution in [3.63, 3.8) is 0 Å². The number of pyridine rings is 1. The monoisotopic (exact) mass is 625 g/mol. The number of primary amides is 1. The maximum atomic E-state index is 13.3. The van der Waals surface area contributed by atoms with Gasteiger partial charge in [-0.05, 0) is 36.5 Å². The first-order valence-corrected chi connectivity index (χ1v) is 12.8. The van der Waals surface area contributed by atoms with Gasteiger partial charge >= 0.3 is 12.1 Å². The Kier molecular flexibility index (Phi) is 14.7. The minimum atomic E-state index is -5.08. The molecule has 3 amide bonds. The summed E-state index contributed by atoms with van der Waals surface area (Å²) >= 11 is 0. The van der Waals surface area contributed by atoms with E-state index in [1.807, 2.05) is 0 Å². The van der Waals surface area contributed by atoms with E-state index in [0.717, 1.165) is 5.56 Å². The summed E-state index contributed by atoms with van der Waals surface area (Å²) in [6.45, 7) is -0.466. The van der Waals surface area contributed by atoms with Crippen LogP contribution >= 0.6 is 0 Å². The number of benzene rings is 1. The number of carbonyl (C=O) groups excluding carboxylic acids is 3. The van der Waals surface area contributed by atoms with Crippen LogP contribution < -0.4 is 33.6 Å². The van der Waals surface area contributed by atoms with Crippen LogP contribution in [0.5, 0.6) is 0 Å². The summed E-state index contributed by atoms with van der Waals surface area (Å²) in [4.78, 5) is 54.6. The quantitative estimate of drug-likeness (QED) is 0.0688. The third kappa shape index (κ3) is 13.1. The van der Waals surface area contributed by atoms with Crippen molar-refractivity contribution in [3.8, 4) is 0 Å². The first-order valence-electron chi connectivity index (χ1n) is 12.8. The van der Waals surface area contributed by atoms with Gasteiger partial charge in [0.25, 0.3) is 0 Å². The molecule has 0 radical (unpaired) electrons. The second-order valence-electron chi connectivity index (χ2n) is 9.11. The minimum Gasteiger partial charge on any atom is -0.475 e. The fourth-order valence-electron chi connectivity index (χ4n) is 3.53. The Morgan fingerprint density at radius 1 is 0.977 bits per heavy atom. The SMILES string of the molecule is N=C(N)c1ccc(CC(C(=O)N[C@@H](CO)C(=O)N[C@@H](CCCN=C(N)N)C(N)=O)c2cccnc2)cc1.O=C(O)C(F)(F)F. The molecule has 0 aliphatic carbocycles. The fourth-order valence-corrected chi connectivity index (χ4v) is 3.53. The van der Waals surface area contributed by atoms with Gasteiger partial charge in [-0.15, -0.1) is 0 Å². The molecule has 240 valence electrons. The molecule has 0 aliphatic heterocycles. The summed E-state index contributed by atoms with van der Waals surface area (Å²) in [5, 5.41) is 29.5. The van der Waals surface area contributed by atoms with Gasteiger partial charge in [0.05, 0.1) is 12.5 Å². The van der Waals surface area contributed by atoms with E-state index in [0.29, 0.717) is 17.5 Å². The van der Waals surface area contributed by atoms with E-state index in [1.165, 1.54) is 0 Å². The van der Waals surface area contributed by atoms with Gasteiger partial charge in [-0.2, -0.15) is 13.2 Å².